The van der Waals surface area contributed by atoms with Crippen LogP contribution in [0, 0.1) is 0 Å². The Morgan fingerprint density at radius 3 is 2.95 bits per heavy atom. The van der Waals surface area contributed by atoms with Gasteiger partial charge in [0.25, 0.3) is 0 Å². The van der Waals surface area contributed by atoms with Crippen molar-refractivity contribution in [1.82, 2.24) is 19.9 Å². The van der Waals surface area contributed by atoms with Crippen LogP contribution >= 0.6 is 0 Å². The molecule has 0 fully saturated rings. The number of fused-ring (bicyclic) bond motifs is 3. The zero-order chi connectivity index (χ0) is 15.1. The summed E-state index contributed by atoms with van der Waals surface area (Å²) in [4.78, 5) is 4.51. The summed E-state index contributed by atoms with van der Waals surface area (Å²) in [7, 11) is 1.64. The van der Waals surface area contributed by atoms with E-state index in [1.807, 2.05) is 35.9 Å². The van der Waals surface area contributed by atoms with E-state index in [0.29, 0.717) is 5.58 Å². The summed E-state index contributed by atoms with van der Waals surface area (Å²) < 4.78 is 12.7. The van der Waals surface area contributed by atoms with Crippen molar-refractivity contribution in [2.75, 3.05) is 7.11 Å². The lowest BCUT2D eigenvalue weighted by molar-refractivity contribution is 0.415. The van der Waals surface area contributed by atoms with Crippen LogP contribution in [0.25, 0.3) is 33.3 Å². The lowest BCUT2D eigenvalue weighted by Crippen LogP contribution is -1.96. The third kappa shape index (κ3) is 1.77. The van der Waals surface area contributed by atoms with Gasteiger partial charge >= 0.3 is 0 Å². The lowest BCUT2D eigenvalue weighted by atomic mass is 10.1. The topological polar surface area (TPSA) is 66.0 Å². The summed E-state index contributed by atoms with van der Waals surface area (Å²) >= 11 is 0. The minimum atomic E-state index is 0.711. The first kappa shape index (κ1) is 12.8. The molecule has 3 aromatic heterocycles. The van der Waals surface area contributed by atoms with E-state index in [1.54, 1.807) is 19.5 Å². The standard InChI is InChI=1S/C16H14N4O2/c1-3-20-16-13(9-18-20)15-12(8-17-16)14(19-22-15)10-5-4-6-11(7-10)21-2/h4-9H,3H2,1-2H3. The molecule has 0 aliphatic rings. The molecule has 0 amide bonds. The first-order chi connectivity index (χ1) is 10.8. The predicted molar refractivity (Wildman–Crippen MR) is 82.8 cm³/mol. The Morgan fingerprint density at radius 1 is 1.23 bits per heavy atom. The second kappa shape index (κ2) is 4.84. The monoisotopic (exact) mass is 294 g/mol. The summed E-state index contributed by atoms with van der Waals surface area (Å²) in [5.74, 6) is 0.779. The van der Waals surface area contributed by atoms with Gasteiger partial charge in [-0.15, -0.1) is 0 Å². The van der Waals surface area contributed by atoms with Crippen molar-refractivity contribution in [3.63, 3.8) is 0 Å². The van der Waals surface area contributed by atoms with Crippen molar-refractivity contribution in [3.8, 4) is 17.0 Å². The number of hydrogen-bond donors (Lipinski definition) is 0. The molecule has 0 atom stereocenters. The van der Waals surface area contributed by atoms with E-state index < -0.39 is 0 Å². The van der Waals surface area contributed by atoms with Gasteiger partial charge < -0.3 is 9.26 Å². The zero-order valence-corrected chi connectivity index (χ0v) is 12.3. The van der Waals surface area contributed by atoms with Gasteiger partial charge in [-0.3, -0.25) is 0 Å². The largest absolute Gasteiger partial charge is 0.497 e. The first-order valence-electron chi connectivity index (χ1n) is 7.06. The number of hydrogen-bond acceptors (Lipinski definition) is 5. The molecular weight excluding hydrogens is 280 g/mol. The summed E-state index contributed by atoms with van der Waals surface area (Å²) in [6.07, 6.45) is 3.56. The Balaban J connectivity index is 1.96. The van der Waals surface area contributed by atoms with Crippen molar-refractivity contribution >= 4 is 22.0 Å². The van der Waals surface area contributed by atoms with E-state index in [9.17, 15) is 0 Å². The Hall–Kier alpha value is -2.89. The maximum Gasteiger partial charge on any atom is 0.181 e. The minimum absolute atomic E-state index is 0.711. The third-order valence-corrected chi connectivity index (χ3v) is 3.74. The van der Waals surface area contributed by atoms with E-state index in [1.165, 1.54) is 0 Å². The molecule has 0 spiro atoms. The fraction of sp³-hybridized carbons (Fsp3) is 0.188. The first-order valence-corrected chi connectivity index (χ1v) is 7.06. The number of aromatic nitrogens is 4. The molecule has 4 aromatic rings. The maximum atomic E-state index is 5.56. The fourth-order valence-electron chi connectivity index (χ4n) is 2.62. The molecule has 0 radical (unpaired) electrons. The highest BCUT2D eigenvalue weighted by Gasteiger charge is 2.16. The van der Waals surface area contributed by atoms with Crippen LogP contribution in [0.5, 0.6) is 5.75 Å². The third-order valence-electron chi connectivity index (χ3n) is 3.74. The molecular formula is C16H14N4O2. The maximum absolute atomic E-state index is 5.56. The zero-order valence-electron chi connectivity index (χ0n) is 12.3. The van der Waals surface area contributed by atoms with E-state index in [-0.39, 0.29) is 0 Å². The average molecular weight is 294 g/mol. The SMILES string of the molecule is CCn1ncc2c3onc(-c4cccc(OC)c4)c3cnc21. The van der Waals surface area contributed by atoms with Gasteiger partial charge in [-0.1, -0.05) is 17.3 Å². The van der Waals surface area contributed by atoms with Gasteiger partial charge in [-0.25, -0.2) is 9.67 Å². The van der Waals surface area contributed by atoms with Crippen LogP contribution in [-0.4, -0.2) is 27.0 Å². The van der Waals surface area contributed by atoms with Crippen LogP contribution in [0.2, 0.25) is 0 Å². The van der Waals surface area contributed by atoms with Gasteiger partial charge in [-0.05, 0) is 19.1 Å². The molecule has 0 unspecified atom stereocenters. The summed E-state index contributed by atoms with van der Waals surface area (Å²) in [6, 6.07) is 7.72. The molecule has 6 heteroatoms. The molecule has 0 aliphatic heterocycles. The molecule has 0 saturated carbocycles. The number of methoxy groups -OCH3 is 1. The summed E-state index contributed by atoms with van der Waals surface area (Å²) in [5.41, 5.74) is 3.21. The molecule has 3 heterocycles. The fourth-order valence-corrected chi connectivity index (χ4v) is 2.62. The summed E-state index contributed by atoms with van der Waals surface area (Å²) in [5, 5.41) is 10.3. The predicted octanol–water partition coefficient (Wildman–Crippen LogP) is 3.27. The van der Waals surface area contributed by atoms with Crippen LogP contribution in [0.4, 0.5) is 0 Å². The van der Waals surface area contributed by atoms with Crippen LogP contribution < -0.4 is 4.74 Å². The van der Waals surface area contributed by atoms with Crippen molar-refractivity contribution in [3.05, 3.63) is 36.7 Å². The number of rotatable bonds is 3. The van der Waals surface area contributed by atoms with Crippen molar-refractivity contribution < 1.29 is 9.26 Å². The van der Waals surface area contributed by atoms with Crippen molar-refractivity contribution in [1.29, 1.82) is 0 Å². The molecule has 6 nitrogen and oxygen atoms in total. The molecule has 0 N–H and O–H groups in total. The Labute approximate surface area is 126 Å². The van der Waals surface area contributed by atoms with E-state index in [4.69, 9.17) is 9.26 Å². The highest BCUT2D eigenvalue weighted by Crippen LogP contribution is 2.32. The van der Waals surface area contributed by atoms with Gasteiger partial charge in [0.1, 0.15) is 11.4 Å². The van der Waals surface area contributed by atoms with Crippen LogP contribution in [0.1, 0.15) is 6.92 Å². The van der Waals surface area contributed by atoms with Crippen LogP contribution in [0.3, 0.4) is 0 Å². The molecule has 0 saturated heterocycles. The molecule has 22 heavy (non-hydrogen) atoms. The second-order valence-electron chi connectivity index (χ2n) is 4.96. The van der Waals surface area contributed by atoms with Gasteiger partial charge in [0.05, 0.1) is 24.1 Å². The van der Waals surface area contributed by atoms with Crippen molar-refractivity contribution in [2.45, 2.75) is 13.5 Å². The minimum Gasteiger partial charge on any atom is -0.497 e. The number of aryl methyl sites for hydroxylation is 1. The smallest absolute Gasteiger partial charge is 0.181 e. The molecule has 0 aliphatic carbocycles. The Kier molecular flexibility index (Phi) is 2.82. The number of ether oxygens (including phenoxy) is 1. The second-order valence-corrected chi connectivity index (χ2v) is 4.96. The molecule has 4 rings (SSSR count). The lowest BCUT2D eigenvalue weighted by Gasteiger charge is -2.01. The van der Waals surface area contributed by atoms with Crippen LogP contribution in [-0.2, 0) is 6.54 Å². The Morgan fingerprint density at radius 2 is 2.14 bits per heavy atom. The molecule has 0 bridgehead atoms. The number of nitrogens with zero attached hydrogens (tertiary/aromatic N) is 4. The van der Waals surface area contributed by atoms with E-state index in [2.05, 4.69) is 15.2 Å². The van der Waals surface area contributed by atoms with E-state index >= 15 is 0 Å². The number of benzene rings is 1. The highest BCUT2D eigenvalue weighted by molar-refractivity contribution is 6.05. The normalized spacial score (nSPS) is 11.4. The highest BCUT2D eigenvalue weighted by atomic mass is 16.5. The molecule has 110 valence electrons. The van der Waals surface area contributed by atoms with Gasteiger partial charge in [0, 0.05) is 18.3 Å². The van der Waals surface area contributed by atoms with E-state index in [0.717, 1.165) is 40.0 Å². The van der Waals surface area contributed by atoms with Crippen LogP contribution in [0.15, 0.2) is 41.2 Å². The van der Waals surface area contributed by atoms with Gasteiger partial charge in [0.2, 0.25) is 0 Å². The molecule has 1 aromatic carbocycles. The number of pyridine rings is 1. The summed E-state index contributed by atoms with van der Waals surface area (Å²) in [6.45, 7) is 2.79. The van der Waals surface area contributed by atoms with Gasteiger partial charge in [0.15, 0.2) is 11.2 Å². The quantitative estimate of drug-likeness (QED) is 0.580. The average Bonchev–Trinajstić information content (AvgIpc) is 3.18. The Bertz CT molecular complexity index is 971. The van der Waals surface area contributed by atoms with Crippen molar-refractivity contribution in [2.24, 2.45) is 0 Å². The van der Waals surface area contributed by atoms with Gasteiger partial charge in [-0.2, -0.15) is 5.10 Å².